The molecule has 0 saturated carbocycles. The number of rotatable bonds is 3. The van der Waals surface area contributed by atoms with Crippen molar-refractivity contribution in [2.75, 3.05) is 26.7 Å². The zero-order chi connectivity index (χ0) is 14.2. The Bertz CT molecular complexity index is 629. The molecular weight excluding hydrogens is 262 g/mol. The van der Waals surface area contributed by atoms with Crippen molar-refractivity contribution in [1.82, 2.24) is 24.8 Å². The fourth-order valence-corrected chi connectivity index (χ4v) is 3.80. The minimum atomic E-state index is 0.425. The molecule has 0 amide bonds. The van der Waals surface area contributed by atoms with Gasteiger partial charge in [-0.05, 0) is 64.0 Å². The third-order valence-corrected chi connectivity index (χ3v) is 4.94. The molecule has 2 aliphatic rings. The molecule has 1 N–H and O–H groups in total. The Labute approximate surface area is 125 Å². The van der Waals surface area contributed by atoms with Crippen LogP contribution in [0.15, 0.2) is 18.3 Å². The number of imidazole rings is 1. The minimum Gasteiger partial charge on any atom is -0.316 e. The van der Waals surface area contributed by atoms with Gasteiger partial charge in [-0.25, -0.2) is 9.97 Å². The summed E-state index contributed by atoms with van der Waals surface area (Å²) in [6.07, 6.45) is 7.10. The second-order valence-corrected chi connectivity index (χ2v) is 6.41. The maximum absolute atomic E-state index is 4.90. The van der Waals surface area contributed by atoms with E-state index in [-0.39, 0.29) is 0 Å². The van der Waals surface area contributed by atoms with Crippen LogP contribution < -0.4 is 5.32 Å². The van der Waals surface area contributed by atoms with Crippen molar-refractivity contribution in [3.63, 3.8) is 0 Å². The first-order valence-electron chi connectivity index (χ1n) is 8.06. The molecular formula is C16H23N5. The summed E-state index contributed by atoms with van der Waals surface area (Å²) < 4.78 is 2.40. The lowest BCUT2D eigenvalue weighted by Gasteiger charge is -2.24. The number of hydrogen-bond donors (Lipinski definition) is 1. The zero-order valence-corrected chi connectivity index (χ0v) is 12.6. The average molecular weight is 285 g/mol. The molecule has 0 radical (unpaired) electrons. The molecule has 21 heavy (non-hydrogen) atoms. The predicted octanol–water partition coefficient (Wildman–Crippen LogP) is 1.81. The molecule has 112 valence electrons. The highest BCUT2D eigenvalue weighted by atomic mass is 15.3. The Balaban J connectivity index is 1.76. The van der Waals surface area contributed by atoms with E-state index in [1.54, 1.807) is 0 Å². The Hall–Kier alpha value is -1.46. The Morgan fingerprint density at radius 1 is 1.38 bits per heavy atom. The van der Waals surface area contributed by atoms with Crippen LogP contribution in [0.4, 0.5) is 0 Å². The standard InChI is InChI=1S/C16H23N5/c1-20-9-3-5-15(20)21-14(10-12-6-8-17-11-12)19-13-4-2-7-18-16(13)21/h2,4,7,12,15,17H,3,5-6,8-11H2,1H3. The molecule has 0 aromatic carbocycles. The zero-order valence-electron chi connectivity index (χ0n) is 12.6. The number of pyridine rings is 1. The van der Waals surface area contributed by atoms with E-state index in [0.29, 0.717) is 12.1 Å². The Morgan fingerprint density at radius 2 is 2.33 bits per heavy atom. The lowest BCUT2D eigenvalue weighted by atomic mass is 10.0. The molecule has 5 heteroatoms. The fourth-order valence-electron chi connectivity index (χ4n) is 3.80. The van der Waals surface area contributed by atoms with Gasteiger partial charge in [0.2, 0.25) is 0 Å². The van der Waals surface area contributed by atoms with E-state index < -0.39 is 0 Å². The number of nitrogens with zero attached hydrogens (tertiary/aromatic N) is 4. The minimum absolute atomic E-state index is 0.425. The lowest BCUT2D eigenvalue weighted by molar-refractivity contribution is 0.236. The van der Waals surface area contributed by atoms with Crippen molar-refractivity contribution < 1.29 is 0 Å². The largest absolute Gasteiger partial charge is 0.316 e. The van der Waals surface area contributed by atoms with Crippen LogP contribution >= 0.6 is 0 Å². The first kappa shape index (κ1) is 13.2. The van der Waals surface area contributed by atoms with Gasteiger partial charge in [-0.2, -0.15) is 0 Å². The van der Waals surface area contributed by atoms with Crippen LogP contribution in [-0.4, -0.2) is 46.1 Å². The Kier molecular flexibility index (Phi) is 3.39. The quantitative estimate of drug-likeness (QED) is 0.934. The predicted molar refractivity (Wildman–Crippen MR) is 83.1 cm³/mol. The topological polar surface area (TPSA) is 46.0 Å². The molecule has 2 aromatic rings. The lowest BCUT2D eigenvalue weighted by Crippen LogP contribution is -2.25. The van der Waals surface area contributed by atoms with Gasteiger partial charge in [0.15, 0.2) is 5.65 Å². The summed E-state index contributed by atoms with van der Waals surface area (Å²) in [4.78, 5) is 12.0. The molecule has 4 heterocycles. The third-order valence-electron chi connectivity index (χ3n) is 4.94. The van der Waals surface area contributed by atoms with Crippen LogP contribution in [0.2, 0.25) is 0 Å². The van der Waals surface area contributed by atoms with E-state index >= 15 is 0 Å². The van der Waals surface area contributed by atoms with Gasteiger partial charge in [-0.1, -0.05) is 0 Å². The van der Waals surface area contributed by atoms with E-state index in [4.69, 9.17) is 4.98 Å². The summed E-state index contributed by atoms with van der Waals surface area (Å²) in [5.41, 5.74) is 2.09. The molecule has 2 atom stereocenters. The van der Waals surface area contributed by atoms with Gasteiger partial charge in [0, 0.05) is 12.6 Å². The van der Waals surface area contributed by atoms with Gasteiger partial charge < -0.3 is 5.32 Å². The van der Waals surface area contributed by atoms with E-state index in [1.807, 2.05) is 12.3 Å². The van der Waals surface area contributed by atoms with Crippen molar-refractivity contribution >= 4 is 11.2 Å². The molecule has 5 nitrogen and oxygen atoms in total. The number of likely N-dealkylation sites (tertiary alicyclic amines) is 1. The molecule has 2 unspecified atom stereocenters. The number of nitrogens with one attached hydrogen (secondary N) is 1. The summed E-state index contributed by atoms with van der Waals surface area (Å²) in [6, 6.07) is 4.07. The molecule has 2 aromatic heterocycles. The van der Waals surface area contributed by atoms with Gasteiger partial charge in [0.25, 0.3) is 0 Å². The van der Waals surface area contributed by atoms with Crippen LogP contribution in [0.1, 0.15) is 31.3 Å². The molecule has 2 saturated heterocycles. The van der Waals surface area contributed by atoms with Gasteiger partial charge in [0.05, 0.1) is 6.17 Å². The maximum Gasteiger partial charge on any atom is 0.161 e. The molecule has 0 aliphatic carbocycles. The molecule has 0 bridgehead atoms. The highest BCUT2D eigenvalue weighted by Crippen LogP contribution is 2.31. The average Bonchev–Trinajstić information content (AvgIpc) is 3.19. The second-order valence-electron chi connectivity index (χ2n) is 6.41. The molecule has 0 spiro atoms. The maximum atomic E-state index is 4.90. The number of fused-ring (bicyclic) bond motifs is 1. The van der Waals surface area contributed by atoms with Crippen molar-refractivity contribution in [3.8, 4) is 0 Å². The van der Waals surface area contributed by atoms with E-state index in [2.05, 4.69) is 32.9 Å². The smallest absolute Gasteiger partial charge is 0.161 e. The van der Waals surface area contributed by atoms with E-state index in [9.17, 15) is 0 Å². The van der Waals surface area contributed by atoms with Gasteiger partial charge >= 0.3 is 0 Å². The normalized spacial score (nSPS) is 26.9. The summed E-state index contributed by atoms with van der Waals surface area (Å²) in [6.45, 7) is 3.44. The third kappa shape index (κ3) is 2.34. The van der Waals surface area contributed by atoms with Crippen molar-refractivity contribution in [2.45, 2.75) is 31.8 Å². The van der Waals surface area contributed by atoms with Crippen LogP contribution in [0.5, 0.6) is 0 Å². The number of aromatic nitrogens is 3. The first-order valence-corrected chi connectivity index (χ1v) is 8.06. The van der Waals surface area contributed by atoms with Crippen LogP contribution in [0.25, 0.3) is 11.2 Å². The summed E-state index contributed by atoms with van der Waals surface area (Å²) in [5.74, 6) is 1.93. The molecule has 2 fully saturated rings. The Morgan fingerprint density at radius 3 is 3.10 bits per heavy atom. The highest BCUT2D eigenvalue weighted by Gasteiger charge is 2.28. The van der Waals surface area contributed by atoms with Gasteiger partial charge in [0.1, 0.15) is 11.3 Å². The summed E-state index contributed by atoms with van der Waals surface area (Å²) >= 11 is 0. The van der Waals surface area contributed by atoms with Crippen molar-refractivity contribution in [3.05, 3.63) is 24.2 Å². The first-order chi connectivity index (χ1) is 10.3. The van der Waals surface area contributed by atoms with Crippen LogP contribution in [0, 0.1) is 5.92 Å². The molecule has 4 rings (SSSR count). The fraction of sp³-hybridized carbons (Fsp3) is 0.625. The van der Waals surface area contributed by atoms with E-state index in [0.717, 1.165) is 30.7 Å². The van der Waals surface area contributed by atoms with Crippen LogP contribution in [-0.2, 0) is 6.42 Å². The summed E-state index contributed by atoms with van der Waals surface area (Å²) in [5, 5.41) is 3.46. The SMILES string of the molecule is CN1CCCC1n1c(CC2CCNC2)nc2cccnc21. The monoisotopic (exact) mass is 285 g/mol. The van der Waals surface area contributed by atoms with Gasteiger partial charge in [-0.3, -0.25) is 9.47 Å². The van der Waals surface area contributed by atoms with Crippen molar-refractivity contribution in [2.24, 2.45) is 5.92 Å². The number of hydrogen-bond acceptors (Lipinski definition) is 4. The van der Waals surface area contributed by atoms with Crippen LogP contribution in [0.3, 0.4) is 0 Å². The summed E-state index contributed by atoms with van der Waals surface area (Å²) in [7, 11) is 2.22. The highest BCUT2D eigenvalue weighted by molar-refractivity contribution is 5.71. The van der Waals surface area contributed by atoms with Gasteiger partial charge in [-0.15, -0.1) is 0 Å². The van der Waals surface area contributed by atoms with E-state index in [1.165, 1.54) is 31.6 Å². The molecule has 2 aliphatic heterocycles. The second kappa shape index (κ2) is 5.39. The van der Waals surface area contributed by atoms with Crippen molar-refractivity contribution in [1.29, 1.82) is 0 Å².